The van der Waals surface area contributed by atoms with E-state index in [4.69, 9.17) is 4.74 Å². The number of ether oxygens (including phenoxy) is 2. The fourth-order valence-electron chi connectivity index (χ4n) is 2.05. The van der Waals surface area contributed by atoms with Crippen LogP contribution in [0.3, 0.4) is 0 Å². The van der Waals surface area contributed by atoms with Crippen LogP contribution in [0.2, 0.25) is 0 Å². The first-order chi connectivity index (χ1) is 8.99. The van der Waals surface area contributed by atoms with Gasteiger partial charge in [-0.05, 0) is 6.07 Å². The van der Waals surface area contributed by atoms with Gasteiger partial charge in [-0.3, -0.25) is 0 Å². The zero-order valence-electron chi connectivity index (χ0n) is 10.4. The lowest BCUT2D eigenvalue weighted by Gasteiger charge is -2.26. The number of halogens is 3. The molecule has 106 valence electrons. The van der Waals surface area contributed by atoms with Crippen LogP contribution in [-0.4, -0.2) is 33.1 Å². The summed E-state index contributed by atoms with van der Waals surface area (Å²) >= 11 is 0. The molecule has 1 fully saturated rings. The van der Waals surface area contributed by atoms with E-state index in [1.165, 1.54) is 19.2 Å². The molecule has 1 aromatic carbocycles. The summed E-state index contributed by atoms with van der Waals surface area (Å²) in [5.41, 5.74) is 0.809. The highest BCUT2D eigenvalue weighted by atomic mass is 19.4. The Hall–Kier alpha value is -1.47. The molecule has 2 rings (SSSR count). The summed E-state index contributed by atoms with van der Waals surface area (Å²) < 4.78 is 45.4. The Balaban J connectivity index is 2.20. The number of hydrogen-bond donors (Lipinski definition) is 2. The summed E-state index contributed by atoms with van der Waals surface area (Å²) in [5, 5.41) is 6.48. The summed E-state index contributed by atoms with van der Waals surface area (Å²) in [6.07, 6.45) is -4.70. The standard InChI is InChI=1S/C12H15F3N2O2/c1-18-11-6-8(19-12(13,14)15)2-3-9(11)10-7-16-4-5-17-10/h2-3,6,10,16-17H,4-5,7H2,1H3/t10-/m1/s1. The third kappa shape index (κ3) is 3.74. The number of benzene rings is 1. The minimum absolute atomic E-state index is 0.0173. The molecule has 0 aliphatic carbocycles. The van der Waals surface area contributed by atoms with E-state index in [-0.39, 0.29) is 11.8 Å². The van der Waals surface area contributed by atoms with Gasteiger partial charge in [-0.15, -0.1) is 13.2 Å². The molecule has 1 heterocycles. The van der Waals surface area contributed by atoms with Crippen molar-refractivity contribution < 1.29 is 22.6 Å². The van der Waals surface area contributed by atoms with Crippen LogP contribution in [0.15, 0.2) is 18.2 Å². The Kier molecular flexibility index (Phi) is 4.16. The molecule has 1 aromatic rings. The minimum Gasteiger partial charge on any atom is -0.496 e. The molecule has 19 heavy (non-hydrogen) atoms. The van der Waals surface area contributed by atoms with Crippen LogP contribution in [-0.2, 0) is 0 Å². The first-order valence-electron chi connectivity index (χ1n) is 5.87. The maximum atomic E-state index is 12.1. The molecule has 4 nitrogen and oxygen atoms in total. The van der Waals surface area contributed by atoms with Crippen molar-refractivity contribution in [3.05, 3.63) is 23.8 Å². The lowest BCUT2D eigenvalue weighted by molar-refractivity contribution is -0.274. The summed E-state index contributed by atoms with van der Waals surface area (Å²) in [6.45, 7) is 2.37. The summed E-state index contributed by atoms with van der Waals surface area (Å²) in [6, 6.07) is 4.15. The average Bonchev–Trinajstić information content (AvgIpc) is 2.37. The molecular weight excluding hydrogens is 261 g/mol. The van der Waals surface area contributed by atoms with Gasteiger partial charge in [0, 0.05) is 37.3 Å². The number of nitrogens with one attached hydrogen (secondary N) is 2. The molecule has 2 N–H and O–H groups in total. The molecule has 0 unspecified atom stereocenters. The zero-order chi connectivity index (χ0) is 13.9. The molecular formula is C12H15F3N2O2. The Morgan fingerprint density at radius 2 is 2.05 bits per heavy atom. The Bertz CT molecular complexity index is 431. The van der Waals surface area contributed by atoms with Gasteiger partial charge in [0.05, 0.1) is 7.11 Å². The second-order valence-electron chi connectivity index (χ2n) is 4.16. The topological polar surface area (TPSA) is 42.5 Å². The van der Waals surface area contributed by atoms with Gasteiger partial charge in [0.1, 0.15) is 11.5 Å². The Morgan fingerprint density at radius 1 is 1.26 bits per heavy atom. The van der Waals surface area contributed by atoms with Crippen molar-refractivity contribution in [2.24, 2.45) is 0 Å². The van der Waals surface area contributed by atoms with E-state index in [2.05, 4.69) is 15.4 Å². The minimum atomic E-state index is -4.70. The second-order valence-corrected chi connectivity index (χ2v) is 4.16. The van der Waals surface area contributed by atoms with Crippen LogP contribution < -0.4 is 20.1 Å². The Labute approximate surface area is 108 Å². The number of piperazine rings is 1. The van der Waals surface area contributed by atoms with Gasteiger partial charge in [-0.2, -0.15) is 0 Å². The molecule has 0 amide bonds. The third-order valence-electron chi connectivity index (χ3n) is 2.85. The van der Waals surface area contributed by atoms with Gasteiger partial charge in [-0.25, -0.2) is 0 Å². The molecule has 1 saturated heterocycles. The van der Waals surface area contributed by atoms with Gasteiger partial charge in [0.2, 0.25) is 0 Å². The highest BCUT2D eigenvalue weighted by Gasteiger charge is 2.31. The fourth-order valence-corrected chi connectivity index (χ4v) is 2.05. The van der Waals surface area contributed by atoms with Crippen LogP contribution in [0.25, 0.3) is 0 Å². The summed E-state index contributed by atoms with van der Waals surface area (Å²) in [5.74, 6) is 0.0971. The van der Waals surface area contributed by atoms with Gasteiger partial charge < -0.3 is 20.1 Å². The molecule has 7 heteroatoms. The van der Waals surface area contributed by atoms with Crippen molar-refractivity contribution in [1.82, 2.24) is 10.6 Å². The predicted molar refractivity (Wildman–Crippen MR) is 63.3 cm³/mol. The van der Waals surface area contributed by atoms with Crippen molar-refractivity contribution >= 4 is 0 Å². The van der Waals surface area contributed by atoms with Gasteiger partial charge in [0.15, 0.2) is 0 Å². The highest BCUT2D eigenvalue weighted by Crippen LogP contribution is 2.32. The SMILES string of the molecule is COc1cc(OC(F)(F)F)ccc1[C@H]1CNCCN1. The maximum absolute atomic E-state index is 12.1. The van der Waals surface area contributed by atoms with Crippen LogP contribution in [0.1, 0.15) is 11.6 Å². The van der Waals surface area contributed by atoms with E-state index >= 15 is 0 Å². The van der Waals surface area contributed by atoms with Crippen molar-refractivity contribution in [2.75, 3.05) is 26.7 Å². The smallest absolute Gasteiger partial charge is 0.496 e. The van der Waals surface area contributed by atoms with Crippen molar-refractivity contribution in [1.29, 1.82) is 0 Å². The molecule has 0 aromatic heterocycles. The van der Waals surface area contributed by atoms with Crippen LogP contribution in [0.4, 0.5) is 13.2 Å². The number of methoxy groups -OCH3 is 1. The van der Waals surface area contributed by atoms with Crippen molar-refractivity contribution in [2.45, 2.75) is 12.4 Å². The average molecular weight is 276 g/mol. The van der Waals surface area contributed by atoms with Crippen molar-refractivity contribution in [3.63, 3.8) is 0 Å². The van der Waals surface area contributed by atoms with E-state index in [1.807, 2.05) is 0 Å². The largest absolute Gasteiger partial charge is 0.573 e. The Morgan fingerprint density at radius 3 is 2.63 bits per heavy atom. The third-order valence-corrected chi connectivity index (χ3v) is 2.85. The monoisotopic (exact) mass is 276 g/mol. The van der Waals surface area contributed by atoms with Gasteiger partial charge in [0.25, 0.3) is 0 Å². The lowest BCUT2D eigenvalue weighted by Crippen LogP contribution is -2.42. The summed E-state index contributed by atoms with van der Waals surface area (Å²) in [7, 11) is 1.42. The van der Waals surface area contributed by atoms with Gasteiger partial charge >= 0.3 is 6.36 Å². The molecule has 1 aliphatic heterocycles. The first kappa shape index (κ1) is 14.0. The van der Waals surface area contributed by atoms with E-state index in [0.717, 1.165) is 18.7 Å². The van der Waals surface area contributed by atoms with E-state index in [0.29, 0.717) is 12.3 Å². The molecule has 0 bridgehead atoms. The molecule has 0 radical (unpaired) electrons. The zero-order valence-corrected chi connectivity index (χ0v) is 10.4. The lowest BCUT2D eigenvalue weighted by atomic mass is 10.0. The normalized spacial score (nSPS) is 20.1. The first-order valence-corrected chi connectivity index (χ1v) is 5.87. The van der Waals surface area contributed by atoms with Crippen LogP contribution in [0.5, 0.6) is 11.5 Å². The maximum Gasteiger partial charge on any atom is 0.573 e. The molecule has 0 spiro atoms. The summed E-state index contributed by atoms with van der Waals surface area (Å²) in [4.78, 5) is 0. The molecule has 0 saturated carbocycles. The second kappa shape index (κ2) is 5.66. The van der Waals surface area contributed by atoms with Crippen LogP contribution in [0, 0.1) is 0 Å². The van der Waals surface area contributed by atoms with Crippen LogP contribution >= 0.6 is 0 Å². The molecule has 1 atom stereocenters. The number of alkyl halides is 3. The van der Waals surface area contributed by atoms with Gasteiger partial charge in [-0.1, -0.05) is 6.07 Å². The predicted octanol–water partition coefficient (Wildman–Crippen LogP) is 1.83. The highest BCUT2D eigenvalue weighted by molar-refractivity contribution is 5.43. The quantitative estimate of drug-likeness (QED) is 0.884. The number of hydrogen-bond acceptors (Lipinski definition) is 4. The molecule has 1 aliphatic rings. The van der Waals surface area contributed by atoms with E-state index in [1.54, 1.807) is 6.07 Å². The van der Waals surface area contributed by atoms with E-state index < -0.39 is 6.36 Å². The fraction of sp³-hybridized carbons (Fsp3) is 0.500. The number of rotatable bonds is 3. The van der Waals surface area contributed by atoms with Crippen molar-refractivity contribution in [3.8, 4) is 11.5 Å². The van der Waals surface area contributed by atoms with E-state index in [9.17, 15) is 13.2 Å².